The third-order valence-electron chi connectivity index (χ3n) is 5.17. The Morgan fingerprint density at radius 3 is 2.32 bits per heavy atom. The molecule has 25 heavy (non-hydrogen) atoms. The molecule has 4 nitrogen and oxygen atoms in total. The molecule has 0 amide bonds. The molecule has 146 valence electrons. The second-order valence-corrected chi connectivity index (χ2v) is 8.94. The molecule has 0 aromatic rings. The third-order valence-corrected chi connectivity index (χ3v) is 5.17. The molecular weight excluding hydrogens is 316 g/mol. The van der Waals surface area contributed by atoms with Gasteiger partial charge in [-0.2, -0.15) is 0 Å². The fraction of sp³-hybridized carbons (Fsp3) is 0.905. The number of carbonyl (C=O) groups is 2. The highest BCUT2D eigenvalue weighted by Crippen LogP contribution is 2.30. The molecule has 0 bridgehead atoms. The van der Waals surface area contributed by atoms with E-state index in [0.717, 1.165) is 25.2 Å². The molecule has 0 aliphatic heterocycles. The number of ether oxygens (including phenoxy) is 1. The van der Waals surface area contributed by atoms with Gasteiger partial charge in [0.05, 0.1) is 5.92 Å². The van der Waals surface area contributed by atoms with Crippen LogP contribution in [0.5, 0.6) is 0 Å². The van der Waals surface area contributed by atoms with Gasteiger partial charge in [-0.25, -0.2) is 0 Å². The van der Waals surface area contributed by atoms with Gasteiger partial charge >= 0.3 is 11.9 Å². The van der Waals surface area contributed by atoms with Gasteiger partial charge in [0.1, 0.15) is 5.60 Å². The van der Waals surface area contributed by atoms with Crippen molar-refractivity contribution in [3.63, 3.8) is 0 Å². The maximum atomic E-state index is 12.6. The lowest BCUT2D eigenvalue weighted by Gasteiger charge is -2.26. The SMILES string of the molecule is C[C@H](CCC(=O)O)C[C@H](CCCC1CCCCC1)C(=O)OC(C)(C)C. The monoisotopic (exact) mass is 354 g/mol. The molecule has 1 aliphatic carbocycles. The molecule has 0 unspecified atom stereocenters. The van der Waals surface area contributed by atoms with E-state index < -0.39 is 11.6 Å². The van der Waals surface area contributed by atoms with Crippen molar-refractivity contribution in [1.29, 1.82) is 0 Å². The van der Waals surface area contributed by atoms with Crippen LogP contribution in [-0.2, 0) is 14.3 Å². The van der Waals surface area contributed by atoms with E-state index >= 15 is 0 Å². The van der Waals surface area contributed by atoms with E-state index in [4.69, 9.17) is 9.84 Å². The van der Waals surface area contributed by atoms with Crippen LogP contribution < -0.4 is 0 Å². The fourth-order valence-corrected chi connectivity index (χ4v) is 3.82. The first-order valence-electron chi connectivity index (χ1n) is 10.1. The summed E-state index contributed by atoms with van der Waals surface area (Å²) < 4.78 is 5.61. The second kappa shape index (κ2) is 10.8. The van der Waals surface area contributed by atoms with Gasteiger partial charge in [-0.3, -0.25) is 9.59 Å². The molecule has 1 saturated carbocycles. The predicted molar refractivity (Wildman–Crippen MR) is 100 cm³/mol. The van der Waals surface area contributed by atoms with E-state index in [2.05, 4.69) is 0 Å². The number of hydrogen-bond acceptors (Lipinski definition) is 3. The van der Waals surface area contributed by atoms with Crippen LogP contribution in [0.3, 0.4) is 0 Å². The number of carboxylic acid groups (broad SMARTS) is 1. The summed E-state index contributed by atoms with van der Waals surface area (Å²) in [7, 11) is 0. The van der Waals surface area contributed by atoms with Crippen LogP contribution in [0, 0.1) is 17.8 Å². The second-order valence-electron chi connectivity index (χ2n) is 8.94. The summed E-state index contributed by atoms with van der Waals surface area (Å²) in [5.74, 6) is 0.0728. The molecule has 0 saturated heterocycles. The summed E-state index contributed by atoms with van der Waals surface area (Å²) in [5.41, 5.74) is -0.469. The minimum Gasteiger partial charge on any atom is -0.481 e. The molecule has 0 heterocycles. The first-order chi connectivity index (χ1) is 11.7. The normalized spacial score (nSPS) is 18.6. The molecule has 1 rings (SSSR count). The molecular formula is C21H38O4. The summed E-state index contributed by atoms with van der Waals surface area (Å²) in [6.45, 7) is 7.75. The van der Waals surface area contributed by atoms with Gasteiger partial charge < -0.3 is 9.84 Å². The smallest absolute Gasteiger partial charge is 0.309 e. The van der Waals surface area contributed by atoms with Crippen LogP contribution in [0.1, 0.15) is 98.3 Å². The third kappa shape index (κ3) is 10.5. The molecule has 1 aliphatic rings. The number of hydrogen-bond donors (Lipinski definition) is 1. The molecule has 2 atom stereocenters. The van der Waals surface area contributed by atoms with Crippen LogP contribution in [0.2, 0.25) is 0 Å². The number of carbonyl (C=O) groups excluding carboxylic acids is 1. The lowest BCUT2D eigenvalue weighted by Crippen LogP contribution is -2.30. The van der Waals surface area contributed by atoms with Gasteiger partial charge in [-0.15, -0.1) is 0 Å². The highest BCUT2D eigenvalue weighted by molar-refractivity contribution is 5.72. The highest BCUT2D eigenvalue weighted by atomic mass is 16.6. The van der Waals surface area contributed by atoms with E-state index in [9.17, 15) is 9.59 Å². The summed E-state index contributed by atoms with van der Waals surface area (Å²) in [6.07, 6.45) is 11.4. The van der Waals surface area contributed by atoms with Crippen molar-refractivity contribution in [2.45, 2.75) is 104 Å². The van der Waals surface area contributed by atoms with E-state index in [1.165, 1.54) is 38.5 Å². The Balaban J connectivity index is 2.50. The van der Waals surface area contributed by atoms with Crippen LogP contribution in [0.25, 0.3) is 0 Å². The summed E-state index contributed by atoms with van der Waals surface area (Å²) in [6, 6.07) is 0. The average Bonchev–Trinajstić information content (AvgIpc) is 2.51. The Kier molecular flexibility index (Phi) is 9.52. The Morgan fingerprint density at radius 1 is 1.12 bits per heavy atom. The Morgan fingerprint density at radius 2 is 1.76 bits per heavy atom. The van der Waals surface area contributed by atoms with Gasteiger partial charge in [-0.1, -0.05) is 51.9 Å². The van der Waals surface area contributed by atoms with Crippen molar-refractivity contribution in [2.24, 2.45) is 17.8 Å². The molecule has 0 aromatic carbocycles. The number of aliphatic carboxylic acids is 1. The largest absolute Gasteiger partial charge is 0.481 e. The lowest BCUT2D eigenvalue weighted by atomic mass is 9.83. The quantitative estimate of drug-likeness (QED) is 0.520. The zero-order valence-electron chi connectivity index (χ0n) is 16.7. The van der Waals surface area contributed by atoms with Crippen molar-refractivity contribution < 1.29 is 19.4 Å². The van der Waals surface area contributed by atoms with Crippen LogP contribution >= 0.6 is 0 Å². The summed E-state index contributed by atoms with van der Waals surface area (Å²) in [4.78, 5) is 23.3. The van der Waals surface area contributed by atoms with Crippen LogP contribution in [-0.4, -0.2) is 22.6 Å². The van der Waals surface area contributed by atoms with Crippen molar-refractivity contribution >= 4 is 11.9 Å². The predicted octanol–water partition coefficient (Wildman–Crippen LogP) is 5.59. The summed E-state index contributed by atoms with van der Waals surface area (Å²) in [5, 5.41) is 8.85. The Hall–Kier alpha value is -1.06. The van der Waals surface area contributed by atoms with Gasteiger partial charge in [0.15, 0.2) is 0 Å². The maximum absolute atomic E-state index is 12.6. The Bertz CT molecular complexity index is 405. The lowest BCUT2D eigenvalue weighted by molar-refractivity contribution is -0.161. The molecule has 1 fully saturated rings. The van der Waals surface area contributed by atoms with Gasteiger partial charge in [0, 0.05) is 6.42 Å². The van der Waals surface area contributed by atoms with Gasteiger partial charge in [0.25, 0.3) is 0 Å². The molecule has 4 heteroatoms. The van der Waals surface area contributed by atoms with Crippen LogP contribution in [0.4, 0.5) is 0 Å². The molecule has 0 aromatic heterocycles. The fourth-order valence-electron chi connectivity index (χ4n) is 3.82. The topological polar surface area (TPSA) is 63.6 Å². The van der Waals surface area contributed by atoms with E-state index in [0.29, 0.717) is 6.42 Å². The maximum Gasteiger partial charge on any atom is 0.309 e. The van der Waals surface area contributed by atoms with E-state index in [-0.39, 0.29) is 24.2 Å². The molecule has 0 radical (unpaired) electrons. The minimum atomic E-state index is -0.766. The van der Waals surface area contributed by atoms with Gasteiger partial charge in [-0.05, 0) is 51.9 Å². The van der Waals surface area contributed by atoms with Crippen molar-refractivity contribution in [3.8, 4) is 0 Å². The van der Waals surface area contributed by atoms with E-state index in [1.54, 1.807) is 0 Å². The van der Waals surface area contributed by atoms with Crippen molar-refractivity contribution in [2.75, 3.05) is 0 Å². The first kappa shape index (κ1) is 22.0. The average molecular weight is 355 g/mol. The number of rotatable bonds is 10. The van der Waals surface area contributed by atoms with Crippen molar-refractivity contribution in [1.82, 2.24) is 0 Å². The Labute approximate surface area is 153 Å². The number of esters is 1. The zero-order valence-corrected chi connectivity index (χ0v) is 16.7. The zero-order chi connectivity index (χ0) is 18.9. The van der Waals surface area contributed by atoms with Gasteiger partial charge in [0.2, 0.25) is 0 Å². The van der Waals surface area contributed by atoms with E-state index in [1.807, 2.05) is 27.7 Å². The highest BCUT2D eigenvalue weighted by Gasteiger charge is 2.27. The molecule has 0 spiro atoms. The standard InChI is InChI=1S/C21H38O4/c1-16(13-14-19(22)23)15-18(20(24)25-21(2,3)4)12-8-11-17-9-6-5-7-10-17/h16-18H,5-15H2,1-4H3,(H,22,23)/t16-,18+/m1/s1. The number of carboxylic acids is 1. The van der Waals surface area contributed by atoms with Crippen LogP contribution in [0.15, 0.2) is 0 Å². The summed E-state index contributed by atoms with van der Waals surface area (Å²) >= 11 is 0. The van der Waals surface area contributed by atoms with Crippen molar-refractivity contribution in [3.05, 3.63) is 0 Å². The molecule has 1 N–H and O–H groups in total. The minimum absolute atomic E-state index is 0.105. The first-order valence-corrected chi connectivity index (χ1v) is 10.1.